The molecule has 86 valence electrons. The molecule has 0 radical (unpaired) electrons. The molecule has 0 saturated carbocycles. The number of pyridine rings is 1. The van der Waals surface area contributed by atoms with Gasteiger partial charge in [-0.3, -0.25) is 4.40 Å². The van der Waals surface area contributed by atoms with Gasteiger partial charge in [0.25, 0.3) is 0 Å². The van der Waals surface area contributed by atoms with Gasteiger partial charge in [-0.25, -0.2) is 0 Å². The second kappa shape index (κ2) is 4.67. The molecule has 0 saturated heterocycles. The van der Waals surface area contributed by atoms with E-state index in [1.54, 1.807) is 11.8 Å². The van der Waals surface area contributed by atoms with Gasteiger partial charge in [0.15, 0.2) is 10.8 Å². The molecule has 0 spiro atoms. The number of thioether (sulfide) groups is 1. The van der Waals surface area contributed by atoms with E-state index >= 15 is 0 Å². The van der Waals surface area contributed by atoms with Crippen molar-refractivity contribution in [2.45, 2.75) is 19.0 Å². The van der Waals surface area contributed by atoms with Gasteiger partial charge in [0.05, 0.1) is 0 Å². The van der Waals surface area contributed by atoms with Gasteiger partial charge >= 0.3 is 0 Å². The van der Waals surface area contributed by atoms with Gasteiger partial charge in [-0.2, -0.15) is 12.6 Å². The zero-order chi connectivity index (χ0) is 11.6. The van der Waals surface area contributed by atoms with Crippen LogP contribution in [0.1, 0.15) is 13.8 Å². The van der Waals surface area contributed by atoms with Gasteiger partial charge in [0, 0.05) is 11.9 Å². The first kappa shape index (κ1) is 11.8. The van der Waals surface area contributed by atoms with Crippen LogP contribution in [0.25, 0.3) is 5.65 Å². The van der Waals surface area contributed by atoms with Crippen molar-refractivity contribution in [1.29, 1.82) is 0 Å². The predicted octanol–water partition coefficient (Wildman–Crippen LogP) is 2.78. The maximum Gasteiger partial charge on any atom is 0.195 e. The highest BCUT2D eigenvalue weighted by molar-refractivity contribution is 7.99. The Hall–Kier alpha value is -0.680. The van der Waals surface area contributed by atoms with E-state index in [4.69, 9.17) is 0 Å². The number of nitrogens with zero attached hydrogens (tertiary/aromatic N) is 3. The molecule has 0 aliphatic heterocycles. The van der Waals surface area contributed by atoms with E-state index in [0.717, 1.165) is 22.3 Å². The maximum atomic E-state index is 4.35. The molecular weight excluding hydrogens is 238 g/mol. The Morgan fingerprint density at radius 1 is 1.38 bits per heavy atom. The van der Waals surface area contributed by atoms with Gasteiger partial charge < -0.3 is 0 Å². The Kier molecular flexibility index (Phi) is 3.44. The molecule has 3 nitrogen and oxygen atoms in total. The molecule has 2 heterocycles. The topological polar surface area (TPSA) is 30.2 Å². The molecule has 5 heteroatoms. The number of fused-ring (bicyclic) bond motifs is 1. The quantitative estimate of drug-likeness (QED) is 0.671. The van der Waals surface area contributed by atoms with Crippen LogP contribution in [-0.4, -0.2) is 26.1 Å². The first-order valence-electron chi connectivity index (χ1n) is 5.16. The zero-order valence-corrected chi connectivity index (χ0v) is 11.1. The van der Waals surface area contributed by atoms with Crippen LogP contribution in [-0.2, 0) is 0 Å². The standard InChI is InChI=1S/C11H15N3S2/c1-11(2,7-15)8-16-10-13-12-9-5-3-4-6-14(9)10/h3-6,15H,7-8H2,1-2H3. The predicted molar refractivity (Wildman–Crippen MR) is 71.3 cm³/mol. The van der Waals surface area contributed by atoms with Crippen LogP contribution in [0.2, 0.25) is 0 Å². The highest BCUT2D eigenvalue weighted by atomic mass is 32.2. The molecule has 2 rings (SSSR count). The van der Waals surface area contributed by atoms with Gasteiger partial charge in [-0.05, 0) is 23.3 Å². The molecule has 0 fully saturated rings. The van der Waals surface area contributed by atoms with Crippen molar-refractivity contribution in [2.24, 2.45) is 5.41 Å². The fourth-order valence-electron chi connectivity index (χ4n) is 1.22. The molecule has 0 bridgehead atoms. The van der Waals surface area contributed by atoms with Gasteiger partial charge in [0.2, 0.25) is 0 Å². The van der Waals surface area contributed by atoms with Crippen LogP contribution in [0.15, 0.2) is 29.6 Å². The lowest BCUT2D eigenvalue weighted by atomic mass is 10.0. The maximum absolute atomic E-state index is 4.35. The summed E-state index contributed by atoms with van der Waals surface area (Å²) in [7, 11) is 0. The van der Waals surface area contributed by atoms with E-state index in [2.05, 4.69) is 36.7 Å². The van der Waals surface area contributed by atoms with Crippen LogP contribution in [0, 0.1) is 5.41 Å². The fourth-order valence-corrected chi connectivity index (χ4v) is 2.50. The Bertz CT molecular complexity index is 479. The van der Waals surface area contributed by atoms with Gasteiger partial charge in [-0.15, -0.1) is 10.2 Å². The Balaban J connectivity index is 2.16. The van der Waals surface area contributed by atoms with Gasteiger partial charge in [-0.1, -0.05) is 31.7 Å². The summed E-state index contributed by atoms with van der Waals surface area (Å²) in [6, 6.07) is 5.92. The molecule has 0 unspecified atom stereocenters. The fraction of sp³-hybridized carbons (Fsp3) is 0.455. The molecule has 0 amide bonds. The van der Waals surface area contributed by atoms with E-state index in [9.17, 15) is 0 Å². The lowest BCUT2D eigenvalue weighted by molar-refractivity contribution is 0.493. The first-order chi connectivity index (χ1) is 7.62. The number of hydrogen-bond acceptors (Lipinski definition) is 4. The molecule has 0 N–H and O–H groups in total. The van der Waals surface area contributed by atoms with Gasteiger partial charge in [0.1, 0.15) is 0 Å². The van der Waals surface area contributed by atoms with Crippen molar-refractivity contribution in [1.82, 2.24) is 14.6 Å². The highest BCUT2D eigenvalue weighted by Crippen LogP contribution is 2.27. The second-order valence-electron chi connectivity index (χ2n) is 4.52. The highest BCUT2D eigenvalue weighted by Gasteiger charge is 2.17. The van der Waals surface area contributed by atoms with E-state index in [1.807, 2.05) is 28.8 Å². The summed E-state index contributed by atoms with van der Waals surface area (Å²) in [6.45, 7) is 4.41. The lowest BCUT2D eigenvalue weighted by Gasteiger charge is -2.20. The summed E-state index contributed by atoms with van der Waals surface area (Å²) in [5, 5.41) is 9.25. The van der Waals surface area contributed by atoms with Crippen LogP contribution >= 0.6 is 24.4 Å². The molecule has 0 atom stereocenters. The smallest absolute Gasteiger partial charge is 0.195 e. The molecule has 16 heavy (non-hydrogen) atoms. The SMILES string of the molecule is CC(C)(CS)CSc1nnc2ccccn12. The van der Waals surface area contributed by atoms with Crippen LogP contribution in [0.5, 0.6) is 0 Å². The summed E-state index contributed by atoms with van der Waals surface area (Å²) in [5.74, 6) is 1.86. The molecule has 2 aromatic heterocycles. The minimum atomic E-state index is 0.217. The number of aromatic nitrogens is 3. The minimum absolute atomic E-state index is 0.217. The molecule has 0 aromatic carbocycles. The Morgan fingerprint density at radius 3 is 2.94 bits per heavy atom. The minimum Gasteiger partial charge on any atom is -0.277 e. The van der Waals surface area contributed by atoms with Crippen molar-refractivity contribution < 1.29 is 0 Å². The third-order valence-corrected chi connectivity index (χ3v) is 4.62. The number of thiol groups is 1. The molecule has 2 aromatic rings. The molecule has 0 aliphatic rings. The van der Waals surface area contributed by atoms with Crippen LogP contribution in [0.4, 0.5) is 0 Å². The summed E-state index contributed by atoms with van der Waals surface area (Å²) in [5.41, 5.74) is 1.11. The Labute approximate surface area is 105 Å². The number of rotatable bonds is 4. The Morgan fingerprint density at radius 2 is 2.19 bits per heavy atom. The average Bonchev–Trinajstić information content (AvgIpc) is 2.70. The largest absolute Gasteiger partial charge is 0.277 e. The third kappa shape index (κ3) is 2.52. The summed E-state index contributed by atoms with van der Waals surface area (Å²) >= 11 is 6.08. The molecular formula is C11H15N3S2. The van der Waals surface area contributed by atoms with Crippen molar-refractivity contribution in [2.75, 3.05) is 11.5 Å². The van der Waals surface area contributed by atoms with Crippen LogP contribution in [0.3, 0.4) is 0 Å². The zero-order valence-electron chi connectivity index (χ0n) is 9.42. The van der Waals surface area contributed by atoms with E-state index in [1.165, 1.54) is 0 Å². The molecule has 0 aliphatic carbocycles. The average molecular weight is 253 g/mol. The lowest BCUT2D eigenvalue weighted by Crippen LogP contribution is -2.16. The number of hydrogen-bond donors (Lipinski definition) is 1. The van der Waals surface area contributed by atoms with E-state index in [-0.39, 0.29) is 5.41 Å². The first-order valence-corrected chi connectivity index (χ1v) is 6.78. The van der Waals surface area contributed by atoms with Crippen molar-refractivity contribution in [3.8, 4) is 0 Å². The second-order valence-corrected chi connectivity index (χ2v) is 5.78. The monoisotopic (exact) mass is 253 g/mol. The van der Waals surface area contributed by atoms with Crippen molar-refractivity contribution >= 4 is 30.0 Å². The summed E-state index contributed by atoms with van der Waals surface area (Å²) in [6.07, 6.45) is 1.99. The van der Waals surface area contributed by atoms with E-state index < -0.39 is 0 Å². The van der Waals surface area contributed by atoms with Crippen molar-refractivity contribution in [3.63, 3.8) is 0 Å². The summed E-state index contributed by atoms with van der Waals surface area (Å²) < 4.78 is 2.01. The van der Waals surface area contributed by atoms with Crippen LogP contribution < -0.4 is 0 Å². The third-order valence-electron chi connectivity index (χ3n) is 2.30. The van der Waals surface area contributed by atoms with E-state index in [0.29, 0.717) is 0 Å². The summed E-state index contributed by atoms with van der Waals surface area (Å²) in [4.78, 5) is 0. The van der Waals surface area contributed by atoms with Crippen molar-refractivity contribution in [3.05, 3.63) is 24.4 Å². The normalized spacial score (nSPS) is 12.2.